The van der Waals surface area contributed by atoms with Crippen LogP contribution in [0.4, 0.5) is 0 Å². The molecule has 0 amide bonds. The maximum Gasteiger partial charge on any atom is 0.303 e. The molecule has 0 aromatic heterocycles. The van der Waals surface area contributed by atoms with E-state index in [1.165, 1.54) is 6.92 Å². The van der Waals surface area contributed by atoms with E-state index in [9.17, 15) is 40.5 Å². The summed E-state index contributed by atoms with van der Waals surface area (Å²) < 4.78 is 37.7. The summed E-state index contributed by atoms with van der Waals surface area (Å²) in [5.74, 6) is -0.983. The fourth-order valence-electron chi connectivity index (χ4n) is 14.5. The summed E-state index contributed by atoms with van der Waals surface area (Å²) in [6.07, 6.45) is -6.74. The van der Waals surface area contributed by atoms with Gasteiger partial charge in [-0.25, -0.2) is 0 Å². The van der Waals surface area contributed by atoms with Crippen molar-refractivity contribution in [1.29, 1.82) is 0 Å². The number of aliphatic hydroxyl groups is 7. The number of fused-ring (bicyclic) bond motifs is 5. The highest BCUT2D eigenvalue weighted by Crippen LogP contribution is 2.79. The number of carbonyl (C=O) groups excluding carboxylic acids is 1. The second-order valence-electron chi connectivity index (χ2n) is 21.5. The third kappa shape index (κ3) is 6.68. The van der Waals surface area contributed by atoms with E-state index in [2.05, 4.69) is 48.5 Å². The largest absolute Gasteiger partial charge is 0.454 e. The topological polar surface area (TPSA) is 214 Å². The van der Waals surface area contributed by atoms with Crippen molar-refractivity contribution in [3.05, 3.63) is 0 Å². The van der Waals surface area contributed by atoms with E-state index in [0.717, 1.165) is 25.7 Å². The van der Waals surface area contributed by atoms with Gasteiger partial charge in [-0.05, 0) is 111 Å². The SMILES string of the molecule is CC(=O)OC1C(OC2CCC3(C)C(C(OC4OCC(O)C(O)C4O)CC4C5(C)CC(O)C(C6(C)CCC(C(C)(C)O)O6)C5(C)CCC43C)C2(C)C)OCC(O)C1O. The van der Waals surface area contributed by atoms with Crippen LogP contribution < -0.4 is 0 Å². The highest BCUT2D eigenvalue weighted by molar-refractivity contribution is 5.66. The minimum absolute atomic E-state index is 0.0425. The van der Waals surface area contributed by atoms with Gasteiger partial charge in [0, 0.05) is 12.8 Å². The van der Waals surface area contributed by atoms with Crippen LogP contribution >= 0.6 is 0 Å². The average molecular weight is 813 g/mol. The first-order chi connectivity index (χ1) is 26.2. The van der Waals surface area contributed by atoms with Gasteiger partial charge in [-0.2, -0.15) is 0 Å². The lowest BCUT2D eigenvalue weighted by molar-refractivity contribution is -0.347. The molecule has 57 heavy (non-hydrogen) atoms. The van der Waals surface area contributed by atoms with Crippen LogP contribution in [-0.4, -0.2) is 140 Å². The lowest BCUT2D eigenvalue weighted by Gasteiger charge is -2.73. The van der Waals surface area contributed by atoms with Crippen LogP contribution in [0, 0.1) is 44.8 Å². The zero-order valence-corrected chi connectivity index (χ0v) is 35.7. The van der Waals surface area contributed by atoms with Gasteiger partial charge in [-0.3, -0.25) is 4.79 Å². The molecule has 328 valence electrons. The van der Waals surface area contributed by atoms with Crippen LogP contribution in [0.1, 0.15) is 121 Å². The van der Waals surface area contributed by atoms with E-state index in [4.69, 9.17) is 28.4 Å². The number of hydrogen-bond acceptors (Lipinski definition) is 14. The summed E-state index contributed by atoms with van der Waals surface area (Å²) in [6, 6.07) is 0. The average Bonchev–Trinajstić information content (AvgIpc) is 3.61. The van der Waals surface area contributed by atoms with Crippen molar-refractivity contribution in [2.45, 2.75) is 205 Å². The smallest absolute Gasteiger partial charge is 0.303 e. The first kappa shape index (κ1) is 44.1. The van der Waals surface area contributed by atoms with Crippen LogP contribution in [-0.2, 0) is 33.2 Å². The Morgan fingerprint density at radius 2 is 1.28 bits per heavy atom. The number of hydrogen-bond donors (Lipinski definition) is 7. The molecule has 3 saturated heterocycles. The molecule has 0 bridgehead atoms. The maximum absolute atomic E-state index is 12.3. The van der Waals surface area contributed by atoms with Gasteiger partial charge in [0.15, 0.2) is 18.7 Å². The number of rotatable bonds is 7. The molecule has 20 atom stereocenters. The Morgan fingerprint density at radius 3 is 1.89 bits per heavy atom. The third-order valence-corrected chi connectivity index (χ3v) is 17.7. The Morgan fingerprint density at radius 1 is 0.684 bits per heavy atom. The van der Waals surface area contributed by atoms with Gasteiger partial charge in [0.2, 0.25) is 0 Å². The quantitative estimate of drug-likeness (QED) is 0.146. The molecule has 3 heterocycles. The number of aliphatic hydroxyl groups excluding tert-OH is 6. The molecule has 14 heteroatoms. The highest BCUT2D eigenvalue weighted by atomic mass is 16.7. The number of carbonyl (C=O) groups is 1. The van der Waals surface area contributed by atoms with Crippen molar-refractivity contribution in [3.63, 3.8) is 0 Å². The molecule has 0 radical (unpaired) electrons. The van der Waals surface area contributed by atoms with Gasteiger partial charge < -0.3 is 64.2 Å². The molecular weight excluding hydrogens is 740 g/mol. The minimum atomic E-state index is -1.49. The first-order valence-corrected chi connectivity index (χ1v) is 21.4. The molecule has 0 aromatic rings. The molecule has 7 aliphatic rings. The Kier molecular flexibility index (Phi) is 11.2. The Balaban J connectivity index is 1.26. The van der Waals surface area contributed by atoms with Crippen molar-refractivity contribution in [2.24, 2.45) is 44.8 Å². The first-order valence-electron chi connectivity index (χ1n) is 21.4. The Hall–Kier alpha value is -1.01. The normalized spacial score (nSPS) is 55.1. The molecule has 14 nitrogen and oxygen atoms in total. The predicted molar refractivity (Wildman–Crippen MR) is 204 cm³/mol. The zero-order valence-electron chi connectivity index (χ0n) is 35.7. The van der Waals surface area contributed by atoms with Gasteiger partial charge >= 0.3 is 5.97 Å². The molecule has 7 rings (SSSR count). The van der Waals surface area contributed by atoms with Crippen LogP contribution in [0.2, 0.25) is 0 Å². The monoisotopic (exact) mass is 812 g/mol. The lowest BCUT2D eigenvalue weighted by atomic mass is 9.32. The summed E-state index contributed by atoms with van der Waals surface area (Å²) in [6.45, 7) is 20.2. The van der Waals surface area contributed by atoms with Crippen molar-refractivity contribution in [3.8, 4) is 0 Å². The summed E-state index contributed by atoms with van der Waals surface area (Å²) >= 11 is 0. The van der Waals surface area contributed by atoms with Crippen molar-refractivity contribution in [2.75, 3.05) is 13.2 Å². The van der Waals surface area contributed by atoms with E-state index in [1.54, 1.807) is 13.8 Å². The zero-order chi connectivity index (χ0) is 42.1. The minimum Gasteiger partial charge on any atom is -0.454 e. The summed E-state index contributed by atoms with van der Waals surface area (Å²) in [7, 11) is 0. The lowest BCUT2D eigenvalue weighted by Crippen LogP contribution is -2.71. The van der Waals surface area contributed by atoms with Crippen molar-refractivity contribution < 1.29 is 69.0 Å². The Bertz CT molecular complexity index is 1500. The Labute approximate surface area is 337 Å². The molecule has 7 fully saturated rings. The van der Waals surface area contributed by atoms with Crippen LogP contribution in [0.25, 0.3) is 0 Å². The summed E-state index contributed by atoms with van der Waals surface area (Å²) in [5, 5.41) is 76.8. The second kappa shape index (κ2) is 14.5. The summed E-state index contributed by atoms with van der Waals surface area (Å²) in [5.41, 5.74) is -3.63. The molecule has 4 aliphatic carbocycles. The van der Waals surface area contributed by atoms with Gasteiger partial charge in [0.05, 0.1) is 48.8 Å². The maximum atomic E-state index is 12.3. The summed E-state index contributed by atoms with van der Waals surface area (Å²) in [4.78, 5) is 12.1. The molecule has 0 spiro atoms. The molecular formula is C43H72O14. The van der Waals surface area contributed by atoms with Crippen LogP contribution in [0.15, 0.2) is 0 Å². The van der Waals surface area contributed by atoms with E-state index in [0.29, 0.717) is 25.7 Å². The number of esters is 1. The molecule has 3 aliphatic heterocycles. The molecule has 4 saturated carbocycles. The fourth-order valence-corrected chi connectivity index (χ4v) is 14.5. The third-order valence-electron chi connectivity index (χ3n) is 17.7. The fraction of sp³-hybridized carbons (Fsp3) is 0.977. The van der Waals surface area contributed by atoms with Crippen LogP contribution in [0.3, 0.4) is 0 Å². The van der Waals surface area contributed by atoms with Crippen molar-refractivity contribution in [1.82, 2.24) is 0 Å². The predicted octanol–water partition coefficient (Wildman–Crippen LogP) is 2.57. The van der Waals surface area contributed by atoms with E-state index >= 15 is 0 Å². The van der Waals surface area contributed by atoms with Gasteiger partial charge in [-0.1, -0.05) is 41.5 Å². The molecule has 7 N–H and O–H groups in total. The molecule has 20 unspecified atom stereocenters. The van der Waals surface area contributed by atoms with E-state index < -0.39 is 90.1 Å². The van der Waals surface area contributed by atoms with Crippen molar-refractivity contribution >= 4 is 5.97 Å². The van der Waals surface area contributed by atoms with E-state index in [1.807, 2.05) is 0 Å². The standard InChI is InChI=1S/C43H72O14/c1-21(44)54-32-30(49)24(47)20-53-36(32)56-27-11-13-40(7)34(37(27,2)3)25(55-35-31(50)29(48)23(46)19-52-35)17-26-39(40,6)15-16-41(8)33(22(45)18-42(26,41)9)43(10)14-12-28(57-43)38(4,5)51/h22-36,45-51H,11-20H2,1-10H3. The van der Waals surface area contributed by atoms with Gasteiger partial charge in [-0.15, -0.1) is 0 Å². The molecule has 0 aromatic carbocycles. The van der Waals surface area contributed by atoms with Gasteiger partial charge in [0.1, 0.15) is 30.5 Å². The van der Waals surface area contributed by atoms with Crippen LogP contribution in [0.5, 0.6) is 0 Å². The number of ether oxygens (including phenoxy) is 6. The van der Waals surface area contributed by atoms with E-state index in [-0.39, 0.29) is 58.7 Å². The highest BCUT2D eigenvalue weighted by Gasteiger charge is 2.76. The van der Waals surface area contributed by atoms with Gasteiger partial charge in [0.25, 0.3) is 0 Å². The second-order valence-corrected chi connectivity index (χ2v) is 21.5.